The van der Waals surface area contributed by atoms with E-state index in [0.29, 0.717) is 12.2 Å². The number of thiazole rings is 1. The van der Waals surface area contributed by atoms with Crippen molar-refractivity contribution >= 4 is 23.2 Å². The summed E-state index contributed by atoms with van der Waals surface area (Å²) in [4.78, 5) is 28.9. The van der Waals surface area contributed by atoms with Crippen molar-refractivity contribution in [1.82, 2.24) is 9.88 Å². The molecule has 0 fully saturated rings. The molecule has 1 N–H and O–H groups in total. The second-order valence-electron chi connectivity index (χ2n) is 5.39. The van der Waals surface area contributed by atoms with Crippen molar-refractivity contribution in [2.45, 2.75) is 20.3 Å². The summed E-state index contributed by atoms with van der Waals surface area (Å²) in [6.45, 7) is 4.03. The van der Waals surface area contributed by atoms with Crippen LogP contribution in [0, 0.1) is 5.92 Å². The van der Waals surface area contributed by atoms with E-state index in [1.54, 1.807) is 18.6 Å². The van der Waals surface area contributed by atoms with Gasteiger partial charge < -0.3 is 14.4 Å². The molecule has 0 aliphatic rings. The third kappa shape index (κ3) is 4.42. The van der Waals surface area contributed by atoms with Crippen LogP contribution < -0.4 is 0 Å². The van der Waals surface area contributed by atoms with E-state index in [9.17, 15) is 9.59 Å². The zero-order valence-corrected chi connectivity index (χ0v) is 13.3. The van der Waals surface area contributed by atoms with E-state index in [1.165, 1.54) is 16.2 Å². The molecule has 2 aromatic rings. The highest BCUT2D eigenvalue weighted by Gasteiger charge is 2.19. The first-order chi connectivity index (χ1) is 10.5. The van der Waals surface area contributed by atoms with E-state index >= 15 is 0 Å². The first-order valence-electron chi connectivity index (χ1n) is 6.92. The molecule has 0 aliphatic heterocycles. The Morgan fingerprint density at radius 2 is 2.23 bits per heavy atom. The number of nitrogens with zero attached hydrogens (tertiary/aromatic N) is 2. The largest absolute Gasteiger partial charge is 0.480 e. The molecule has 2 aromatic heterocycles. The average molecular weight is 322 g/mol. The number of hydrogen-bond donors (Lipinski definition) is 1. The van der Waals surface area contributed by atoms with Crippen molar-refractivity contribution in [2.24, 2.45) is 5.92 Å². The summed E-state index contributed by atoms with van der Waals surface area (Å²) in [6.07, 6.45) is 3.27. The summed E-state index contributed by atoms with van der Waals surface area (Å²) in [5, 5.41) is 11.5. The van der Waals surface area contributed by atoms with Gasteiger partial charge in [0, 0.05) is 17.5 Å². The highest BCUT2D eigenvalue weighted by atomic mass is 32.1. The summed E-state index contributed by atoms with van der Waals surface area (Å²) in [7, 11) is 0. The van der Waals surface area contributed by atoms with Crippen molar-refractivity contribution in [1.29, 1.82) is 0 Å². The Bertz CT molecular complexity index is 634. The van der Waals surface area contributed by atoms with Gasteiger partial charge in [-0.2, -0.15) is 0 Å². The van der Waals surface area contributed by atoms with Crippen LogP contribution in [0.1, 0.15) is 19.5 Å². The second-order valence-corrected chi connectivity index (χ2v) is 6.25. The normalized spacial score (nSPS) is 10.9. The fourth-order valence-corrected chi connectivity index (χ4v) is 2.84. The van der Waals surface area contributed by atoms with Crippen LogP contribution in [0.2, 0.25) is 0 Å². The van der Waals surface area contributed by atoms with Gasteiger partial charge in [-0.3, -0.25) is 9.59 Å². The minimum Gasteiger partial charge on any atom is -0.480 e. The number of hydrogen-bond acceptors (Lipinski definition) is 5. The van der Waals surface area contributed by atoms with Gasteiger partial charge in [-0.1, -0.05) is 13.8 Å². The quantitative estimate of drug-likeness (QED) is 0.847. The number of amides is 1. The summed E-state index contributed by atoms with van der Waals surface area (Å²) in [5.41, 5.74) is 1.51. The van der Waals surface area contributed by atoms with E-state index in [4.69, 9.17) is 9.52 Å². The Labute approximate surface area is 132 Å². The topological polar surface area (TPSA) is 83.6 Å². The molecule has 0 bridgehead atoms. The molecule has 2 rings (SSSR count). The Morgan fingerprint density at radius 3 is 2.82 bits per heavy atom. The van der Waals surface area contributed by atoms with Gasteiger partial charge in [-0.05, 0) is 12.0 Å². The van der Waals surface area contributed by atoms with E-state index in [1.807, 2.05) is 19.2 Å². The zero-order chi connectivity index (χ0) is 16.1. The Hall–Kier alpha value is -2.15. The third-order valence-electron chi connectivity index (χ3n) is 2.92. The molecule has 1 amide bonds. The lowest BCUT2D eigenvalue weighted by Crippen LogP contribution is -2.39. The van der Waals surface area contributed by atoms with Crippen molar-refractivity contribution < 1.29 is 19.1 Å². The third-order valence-corrected chi connectivity index (χ3v) is 3.86. The number of aromatic nitrogens is 1. The smallest absolute Gasteiger partial charge is 0.323 e. The van der Waals surface area contributed by atoms with Crippen LogP contribution in [0.5, 0.6) is 0 Å². The first-order valence-corrected chi connectivity index (χ1v) is 7.80. The number of aliphatic carboxylic acids is 1. The Kier molecular flexibility index (Phi) is 5.32. The molecule has 6 nitrogen and oxygen atoms in total. The standard InChI is InChI=1S/C15H18N2O4S/c1-10(2)6-17(7-14(19)20)13(18)5-12-9-22-15(16-12)11-3-4-21-8-11/h3-4,8-10H,5-7H2,1-2H3,(H,19,20). The number of furan rings is 1. The summed E-state index contributed by atoms with van der Waals surface area (Å²) in [5.74, 6) is -1.02. The number of carboxylic acids is 1. The van der Waals surface area contributed by atoms with Gasteiger partial charge >= 0.3 is 5.97 Å². The molecular formula is C15H18N2O4S. The van der Waals surface area contributed by atoms with E-state index in [2.05, 4.69) is 4.98 Å². The highest BCUT2D eigenvalue weighted by Crippen LogP contribution is 2.24. The van der Waals surface area contributed by atoms with Crippen molar-refractivity contribution in [2.75, 3.05) is 13.1 Å². The monoisotopic (exact) mass is 322 g/mol. The number of carboxylic acid groups (broad SMARTS) is 1. The van der Waals surface area contributed by atoms with Gasteiger partial charge in [0.25, 0.3) is 0 Å². The average Bonchev–Trinajstić information content (AvgIpc) is 3.06. The molecule has 0 unspecified atom stereocenters. The molecular weight excluding hydrogens is 304 g/mol. The van der Waals surface area contributed by atoms with Crippen LogP contribution in [0.4, 0.5) is 0 Å². The fourth-order valence-electron chi connectivity index (χ4n) is 2.03. The SMILES string of the molecule is CC(C)CN(CC(=O)O)C(=O)Cc1csc(-c2ccoc2)n1. The molecule has 2 heterocycles. The fraction of sp³-hybridized carbons (Fsp3) is 0.400. The number of carbonyl (C=O) groups is 2. The molecule has 0 aliphatic carbocycles. The second kappa shape index (κ2) is 7.22. The van der Waals surface area contributed by atoms with Crippen LogP contribution in [-0.4, -0.2) is 40.0 Å². The van der Waals surface area contributed by atoms with Crippen molar-refractivity contribution in [3.63, 3.8) is 0 Å². The Balaban J connectivity index is 2.04. The van der Waals surface area contributed by atoms with Gasteiger partial charge in [0.1, 0.15) is 17.8 Å². The van der Waals surface area contributed by atoms with Gasteiger partial charge in [0.15, 0.2) is 0 Å². The van der Waals surface area contributed by atoms with Crippen LogP contribution in [0.25, 0.3) is 10.6 Å². The van der Waals surface area contributed by atoms with Gasteiger partial charge in [0.2, 0.25) is 5.91 Å². The van der Waals surface area contributed by atoms with Crippen LogP contribution in [0.15, 0.2) is 28.4 Å². The molecule has 118 valence electrons. The predicted octanol–water partition coefficient (Wildman–Crippen LogP) is 2.51. The van der Waals surface area contributed by atoms with Gasteiger partial charge in [-0.15, -0.1) is 11.3 Å². The highest BCUT2D eigenvalue weighted by molar-refractivity contribution is 7.13. The maximum Gasteiger partial charge on any atom is 0.323 e. The lowest BCUT2D eigenvalue weighted by atomic mass is 10.2. The van der Waals surface area contributed by atoms with Crippen LogP contribution in [0.3, 0.4) is 0 Å². The lowest BCUT2D eigenvalue weighted by molar-refractivity contribution is -0.144. The number of rotatable bonds is 7. The maximum absolute atomic E-state index is 12.3. The van der Waals surface area contributed by atoms with E-state index in [0.717, 1.165) is 10.6 Å². The van der Waals surface area contributed by atoms with Gasteiger partial charge in [0.05, 0.1) is 18.4 Å². The molecule has 22 heavy (non-hydrogen) atoms. The molecule has 0 radical (unpaired) electrons. The summed E-state index contributed by atoms with van der Waals surface area (Å²) in [6, 6.07) is 1.81. The summed E-state index contributed by atoms with van der Waals surface area (Å²) >= 11 is 1.43. The minimum atomic E-state index is -1.01. The predicted molar refractivity (Wildman–Crippen MR) is 82.6 cm³/mol. The Morgan fingerprint density at radius 1 is 1.45 bits per heavy atom. The molecule has 0 atom stereocenters. The maximum atomic E-state index is 12.3. The molecule has 0 saturated heterocycles. The molecule has 7 heteroatoms. The van der Waals surface area contributed by atoms with E-state index in [-0.39, 0.29) is 24.8 Å². The summed E-state index contributed by atoms with van der Waals surface area (Å²) < 4.78 is 5.01. The van der Waals surface area contributed by atoms with Crippen molar-refractivity contribution in [3.05, 3.63) is 29.7 Å². The molecule has 0 saturated carbocycles. The minimum absolute atomic E-state index is 0.106. The number of carbonyl (C=O) groups excluding carboxylic acids is 1. The van der Waals surface area contributed by atoms with E-state index < -0.39 is 5.97 Å². The zero-order valence-electron chi connectivity index (χ0n) is 12.5. The van der Waals surface area contributed by atoms with Crippen LogP contribution >= 0.6 is 11.3 Å². The van der Waals surface area contributed by atoms with Gasteiger partial charge in [-0.25, -0.2) is 4.98 Å². The lowest BCUT2D eigenvalue weighted by Gasteiger charge is -2.22. The van der Waals surface area contributed by atoms with Crippen molar-refractivity contribution in [3.8, 4) is 10.6 Å². The molecule has 0 aromatic carbocycles. The first kappa shape index (κ1) is 16.2. The molecule has 0 spiro atoms. The van der Waals surface area contributed by atoms with Crippen LogP contribution in [-0.2, 0) is 16.0 Å².